The summed E-state index contributed by atoms with van der Waals surface area (Å²) < 4.78 is 0.536. The average Bonchev–Trinajstić information content (AvgIpc) is 2.60. The van der Waals surface area contributed by atoms with Gasteiger partial charge in [0.1, 0.15) is 0 Å². The number of rotatable bonds is 3. The van der Waals surface area contributed by atoms with Crippen LogP contribution >= 0.6 is 15.9 Å². The standard InChI is InChI=1S/C12H16BrN3O2/c13-11-3-2-10(8-12(11)16(17)18)9-15-6-1-4-14-5-7-15/h2-3,8,14H,1,4-7,9H2. The summed E-state index contributed by atoms with van der Waals surface area (Å²) in [6.45, 7) is 4.84. The summed E-state index contributed by atoms with van der Waals surface area (Å²) in [5, 5.41) is 14.2. The van der Waals surface area contributed by atoms with E-state index in [1.54, 1.807) is 12.1 Å². The zero-order chi connectivity index (χ0) is 13.0. The van der Waals surface area contributed by atoms with Gasteiger partial charge in [0, 0.05) is 25.7 Å². The SMILES string of the molecule is O=[N+]([O-])c1cc(CN2CCCNCC2)ccc1Br. The fourth-order valence-corrected chi connectivity index (χ4v) is 2.51. The van der Waals surface area contributed by atoms with E-state index in [9.17, 15) is 10.1 Å². The highest BCUT2D eigenvalue weighted by Crippen LogP contribution is 2.26. The lowest BCUT2D eigenvalue weighted by Crippen LogP contribution is -2.27. The minimum absolute atomic E-state index is 0.139. The molecule has 0 aromatic heterocycles. The van der Waals surface area contributed by atoms with Crippen LogP contribution in [0.5, 0.6) is 0 Å². The lowest BCUT2D eigenvalue weighted by atomic mass is 10.2. The molecule has 0 atom stereocenters. The van der Waals surface area contributed by atoms with E-state index in [0.717, 1.165) is 44.7 Å². The largest absolute Gasteiger partial charge is 0.315 e. The molecule has 1 aromatic carbocycles. The number of hydrogen-bond acceptors (Lipinski definition) is 4. The van der Waals surface area contributed by atoms with Crippen molar-refractivity contribution < 1.29 is 4.92 Å². The summed E-state index contributed by atoms with van der Waals surface area (Å²) in [4.78, 5) is 12.8. The van der Waals surface area contributed by atoms with Crippen LogP contribution in [0.1, 0.15) is 12.0 Å². The molecule has 0 aliphatic carbocycles. The second kappa shape index (κ2) is 6.26. The van der Waals surface area contributed by atoms with Gasteiger partial charge in [-0.15, -0.1) is 0 Å². The molecule has 5 nitrogen and oxygen atoms in total. The first-order chi connectivity index (χ1) is 8.66. The van der Waals surface area contributed by atoms with Gasteiger partial charge in [0.05, 0.1) is 9.40 Å². The quantitative estimate of drug-likeness (QED) is 0.686. The van der Waals surface area contributed by atoms with Crippen LogP contribution in [0.2, 0.25) is 0 Å². The Hall–Kier alpha value is -0.980. The number of nitro groups is 1. The Labute approximate surface area is 114 Å². The molecule has 1 heterocycles. The maximum absolute atomic E-state index is 10.9. The van der Waals surface area contributed by atoms with E-state index in [4.69, 9.17) is 0 Å². The van der Waals surface area contributed by atoms with Crippen LogP contribution in [0.4, 0.5) is 5.69 Å². The number of hydrogen-bond donors (Lipinski definition) is 1. The van der Waals surface area contributed by atoms with Crippen LogP contribution in [0, 0.1) is 10.1 Å². The molecule has 0 unspecified atom stereocenters. The van der Waals surface area contributed by atoms with Crippen molar-refractivity contribution in [2.24, 2.45) is 0 Å². The molecule has 98 valence electrons. The molecule has 18 heavy (non-hydrogen) atoms. The van der Waals surface area contributed by atoms with Gasteiger partial charge < -0.3 is 5.32 Å². The molecule has 0 amide bonds. The Morgan fingerprint density at radius 3 is 3.00 bits per heavy atom. The summed E-state index contributed by atoms with van der Waals surface area (Å²) in [5.41, 5.74) is 1.13. The highest BCUT2D eigenvalue weighted by molar-refractivity contribution is 9.10. The van der Waals surface area contributed by atoms with Crippen molar-refractivity contribution in [2.75, 3.05) is 26.2 Å². The van der Waals surface area contributed by atoms with Gasteiger partial charge in [-0.3, -0.25) is 15.0 Å². The molecular weight excluding hydrogens is 298 g/mol. The monoisotopic (exact) mass is 313 g/mol. The van der Waals surface area contributed by atoms with Gasteiger partial charge in [-0.05, 0) is 47.1 Å². The van der Waals surface area contributed by atoms with Crippen LogP contribution in [-0.2, 0) is 6.54 Å². The van der Waals surface area contributed by atoms with E-state index in [-0.39, 0.29) is 10.6 Å². The van der Waals surface area contributed by atoms with Crippen LogP contribution in [-0.4, -0.2) is 36.0 Å². The molecule has 0 spiro atoms. The zero-order valence-electron chi connectivity index (χ0n) is 10.1. The number of nitro benzene ring substituents is 1. The van der Waals surface area contributed by atoms with Crippen molar-refractivity contribution in [1.29, 1.82) is 0 Å². The van der Waals surface area contributed by atoms with Crippen molar-refractivity contribution in [3.05, 3.63) is 38.3 Å². The van der Waals surface area contributed by atoms with Gasteiger partial charge in [0.15, 0.2) is 0 Å². The van der Waals surface area contributed by atoms with Gasteiger partial charge in [-0.2, -0.15) is 0 Å². The second-order valence-corrected chi connectivity index (χ2v) is 5.28. The first-order valence-corrected chi connectivity index (χ1v) is 6.82. The van der Waals surface area contributed by atoms with Crippen molar-refractivity contribution in [1.82, 2.24) is 10.2 Å². The maximum Gasteiger partial charge on any atom is 0.283 e. The van der Waals surface area contributed by atoms with E-state index in [0.29, 0.717) is 4.47 Å². The molecule has 1 aromatic rings. The van der Waals surface area contributed by atoms with Gasteiger partial charge in [-0.25, -0.2) is 0 Å². The van der Waals surface area contributed by atoms with E-state index in [2.05, 4.69) is 26.1 Å². The molecule has 1 saturated heterocycles. The first-order valence-electron chi connectivity index (χ1n) is 6.03. The fourth-order valence-electron chi connectivity index (χ4n) is 2.11. The molecule has 2 rings (SSSR count). The number of nitrogens with one attached hydrogen (secondary N) is 1. The predicted molar refractivity (Wildman–Crippen MR) is 73.6 cm³/mol. The molecule has 6 heteroatoms. The lowest BCUT2D eigenvalue weighted by Gasteiger charge is -2.19. The Balaban J connectivity index is 2.08. The molecule has 0 saturated carbocycles. The molecule has 1 fully saturated rings. The summed E-state index contributed by atoms with van der Waals surface area (Å²) >= 11 is 3.20. The highest BCUT2D eigenvalue weighted by atomic mass is 79.9. The van der Waals surface area contributed by atoms with Crippen LogP contribution < -0.4 is 5.32 Å². The van der Waals surface area contributed by atoms with Gasteiger partial charge in [0.25, 0.3) is 5.69 Å². The van der Waals surface area contributed by atoms with E-state index < -0.39 is 0 Å². The second-order valence-electron chi connectivity index (χ2n) is 4.42. The average molecular weight is 314 g/mol. The minimum atomic E-state index is -0.350. The van der Waals surface area contributed by atoms with Gasteiger partial charge >= 0.3 is 0 Å². The van der Waals surface area contributed by atoms with E-state index in [1.807, 2.05) is 6.07 Å². The fraction of sp³-hybridized carbons (Fsp3) is 0.500. The third-order valence-electron chi connectivity index (χ3n) is 3.05. The molecule has 1 N–H and O–H groups in total. The topological polar surface area (TPSA) is 58.4 Å². The Morgan fingerprint density at radius 1 is 1.39 bits per heavy atom. The van der Waals surface area contributed by atoms with Crippen molar-refractivity contribution in [3.8, 4) is 0 Å². The third-order valence-corrected chi connectivity index (χ3v) is 3.72. The van der Waals surface area contributed by atoms with Crippen molar-refractivity contribution >= 4 is 21.6 Å². The van der Waals surface area contributed by atoms with Crippen molar-refractivity contribution in [3.63, 3.8) is 0 Å². The first kappa shape index (κ1) is 13.5. The summed E-state index contributed by atoms with van der Waals surface area (Å²) in [7, 11) is 0. The maximum atomic E-state index is 10.9. The number of halogens is 1. The predicted octanol–water partition coefficient (Wildman–Crippen LogP) is 2.15. The summed E-state index contributed by atoms with van der Waals surface area (Å²) in [6, 6.07) is 5.35. The highest BCUT2D eigenvalue weighted by Gasteiger charge is 2.14. The van der Waals surface area contributed by atoms with Gasteiger partial charge in [-0.1, -0.05) is 6.07 Å². The molecule has 0 radical (unpaired) electrons. The lowest BCUT2D eigenvalue weighted by molar-refractivity contribution is -0.385. The minimum Gasteiger partial charge on any atom is -0.315 e. The molecule has 0 bridgehead atoms. The molecule has 1 aliphatic heterocycles. The van der Waals surface area contributed by atoms with Crippen molar-refractivity contribution in [2.45, 2.75) is 13.0 Å². The van der Waals surface area contributed by atoms with Crippen LogP contribution in [0.15, 0.2) is 22.7 Å². The Kier molecular flexibility index (Phi) is 4.68. The smallest absolute Gasteiger partial charge is 0.283 e. The van der Waals surface area contributed by atoms with E-state index >= 15 is 0 Å². The number of benzene rings is 1. The zero-order valence-corrected chi connectivity index (χ0v) is 11.6. The Bertz CT molecular complexity index is 431. The number of nitrogens with zero attached hydrogens (tertiary/aromatic N) is 2. The van der Waals surface area contributed by atoms with E-state index in [1.165, 1.54) is 0 Å². The molecule has 1 aliphatic rings. The Morgan fingerprint density at radius 2 is 2.22 bits per heavy atom. The summed E-state index contributed by atoms with van der Waals surface area (Å²) in [5.74, 6) is 0. The normalized spacial score (nSPS) is 17.4. The third kappa shape index (κ3) is 3.51. The van der Waals surface area contributed by atoms with Crippen LogP contribution in [0.25, 0.3) is 0 Å². The van der Waals surface area contributed by atoms with Gasteiger partial charge in [0.2, 0.25) is 0 Å². The van der Waals surface area contributed by atoms with Crippen LogP contribution in [0.3, 0.4) is 0 Å². The summed E-state index contributed by atoms with van der Waals surface area (Å²) in [6.07, 6.45) is 1.12. The molecular formula is C12H16BrN3O2.